The predicted octanol–water partition coefficient (Wildman–Crippen LogP) is 3.86. The number of hydrogen-bond donors (Lipinski definition) is 0. The topological polar surface area (TPSA) is 23.6 Å². The Kier molecular flexibility index (Phi) is 8.51. The van der Waals surface area contributed by atoms with E-state index in [-0.39, 0.29) is 5.78 Å². The van der Waals surface area contributed by atoms with Gasteiger partial charge < -0.3 is 9.80 Å². The van der Waals surface area contributed by atoms with Gasteiger partial charge in [-0.2, -0.15) is 0 Å². The highest BCUT2D eigenvalue weighted by Gasteiger charge is 2.18. The first kappa shape index (κ1) is 18.8. The predicted molar refractivity (Wildman–Crippen MR) is 99.0 cm³/mol. The second kappa shape index (κ2) is 10.4. The summed E-state index contributed by atoms with van der Waals surface area (Å²) in [6.45, 7) is 0. The Labute approximate surface area is 140 Å². The molecule has 1 saturated carbocycles. The molecule has 124 valence electrons. The fourth-order valence-corrected chi connectivity index (χ4v) is 2.14. The van der Waals surface area contributed by atoms with Gasteiger partial charge in [0.15, 0.2) is 5.78 Å². The number of nitrogens with zero attached hydrogens (tertiary/aromatic N) is 2. The molecule has 0 spiro atoms. The van der Waals surface area contributed by atoms with Gasteiger partial charge in [0.05, 0.1) is 0 Å². The lowest BCUT2D eigenvalue weighted by atomic mass is 9.88. The third kappa shape index (κ3) is 8.05. The van der Waals surface area contributed by atoms with Crippen LogP contribution in [-0.4, -0.2) is 43.8 Å². The molecule has 3 heteroatoms. The summed E-state index contributed by atoms with van der Waals surface area (Å²) in [5.74, 6) is 0.179. The van der Waals surface area contributed by atoms with E-state index in [1.165, 1.54) is 0 Å². The quantitative estimate of drug-likeness (QED) is 0.550. The van der Waals surface area contributed by atoms with Crippen molar-refractivity contribution in [1.82, 2.24) is 9.80 Å². The number of hydrogen-bond acceptors (Lipinski definition) is 3. The Morgan fingerprint density at radius 1 is 0.696 bits per heavy atom. The summed E-state index contributed by atoms with van der Waals surface area (Å²) in [5, 5.41) is 0. The minimum atomic E-state index is 0.179. The molecule has 0 aromatic carbocycles. The van der Waals surface area contributed by atoms with Gasteiger partial charge in [-0.15, -0.1) is 0 Å². The molecule has 0 bridgehead atoms. The molecule has 0 radical (unpaired) electrons. The van der Waals surface area contributed by atoms with E-state index >= 15 is 0 Å². The van der Waals surface area contributed by atoms with Gasteiger partial charge in [-0.25, -0.2) is 0 Å². The van der Waals surface area contributed by atoms with E-state index in [9.17, 15) is 4.79 Å². The zero-order valence-electron chi connectivity index (χ0n) is 14.7. The first-order chi connectivity index (χ1) is 11.0. The van der Waals surface area contributed by atoms with Crippen molar-refractivity contribution in [3.63, 3.8) is 0 Å². The van der Waals surface area contributed by atoms with Crippen molar-refractivity contribution in [3.05, 3.63) is 72.2 Å². The third-order valence-electron chi connectivity index (χ3n) is 3.28. The summed E-state index contributed by atoms with van der Waals surface area (Å²) in [5.41, 5.74) is 1.79. The SMILES string of the molecule is CN(C)C=CC=CC=C1CCCC(=CC=CC=CN(C)C)C1=O. The van der Waals surface area contributed by atoms with Crippen molar-refractivity contribution in [2.24, 2.45) is 0 Å². The van der Waals surface area contributed by atoms with E-state index in [4.69, 9.17) is 0 Å². The van der Waals surface area contributed by atoms with Crippen LogP contribution in [0.1, 0.15) is 19.3 Å². The largest absolute Gasteiger partial charge is 0.383 e. The lowest BCUT2D eigenvalue weighted by molar-refractivity contribution is -0.113. The zero-order chi connectivity index (χ0) is 17.1. The average molecular weight is 312 g/mol. The number of allylic oxidation sites excluding steroid dienone is 10. The normalized spacial score (nSPS) is 20.1. The van der Waals surface area contributed by atoms with E-state index in [1.807, 2.05) is 99.0 Å². The molecule has 1 rings (SSSR count). The molecule has 0 N–H and O–H groups in total. The Morgan fingerprint density at radius 2 is 1.13 bits per heavy atom. The summed E-state index contributed by atoms with van der Waals surface area (Å²) in [4.78, 5) is 16.4. The molecule has 1 fully saturated rings. The fourth-order valence-electron chi connectivity index (χ4n) is 2.14. The highest BCUT2D eigenvalue weighted by Crippen LogP contribution is 2.24. The maximum absolute atomic E-state index is 12.4. The molecule has 1 aliphatic rings. The van der Waals surface area contributed by atoms with E-state index in [0.29, 0.717) is 0 Å². The van der Waals surface area contributed by atoms with Gasteiger partial charge >= 0.3 is 0 Å². The zero-order valence-corrected chi connectivity index (χ0v) is 14.7. The minimum absolute atomic E-state index is 0.179. The van der Waals surface area contributed by atoms with Crippen molar-refractivity contribution in [1.29, 1.82) is 0 Å². The van der Waals surface area contributed by atoms with Gasteiger partial charge in [-0.05, 0) is 55.0 Å². The maximum atomic E-state index is 12.4. The highest BCUT2D eigenvalue weighted by molar-refractivity contribution is 6.09. The van der Waals surface area contributed by atoms with Crippen LogP contribution < -0.4 is 0 Å². The van der Waals surface area contributed by atoms with Gasteiger partial charge in [0.2, 0.25) is 0 Å². The van der Waals surface area contributed by atoms with Gasteiger partial charge in [0.1, 0.15) is 0 Å². The van der Waals surface area contributed by atoms with Gasteiger partial charge in [-0.1, -0.05) is 36.5 Å². The minimum Gasteiger partial charge on any atom is -0.383 e. The van der Waals surface area contributed by atoms with Gasteiger partial charge in [0, 0.05) is 28.2 Å². The van der Waals surface area contributed by atoms with Crippen LogP contribution in [0, 0.1) is 0 Å². The second-order valence-corrected chi connectivity index (χ2v) is 5.95. The molecule has 1 aliphatic carbocycles. The number of carbonyl (C=O) groups excluding carboxylic acids is 1. The maximum Gasteiger partial charge on any atom is 0.184 e. The van der Waals surface area contributed by atoms with Gasteiger partial charge in [-0.3, -0.25) is 4.79 Å². The lowest BCUT2D eigenvalue weighted by Gasteiger charge is -2.15. The van der Waals surface area contributed by atoms with Crippen LogP contribution in [0.25, 0.3) is 0 Å². The van der Waals surface area contributed by atoms with Crippen molar-refractivity contribution >= 4 is 5.78 Å². The van der Waals surface area contributed by atoms with E-state index in [0.717, 1.165) is 30.4 Å². The molecule has 0 unspecified atom stereocenters. The molecule has 0 amide bonds. The smallest absolute Gasteiger partial charge is 0.184 e. The molecule has 0 aromatic rings. The fraction of sp³-hybridized carbons (Fsp3) is 0.350. The van der Waals surface area contributed by atoms with Crippen LogP contribution in [0.5, 0.6) is 0 Å². The van der Waals surface area contributed by atoms with Crippen LogP contribution in [0.2, 0.25) is 0 Å². The van der Waals surface area contributed by atoms with Gasteiger partial charge in [0.25, 0.3) is 0 Å². The molecule has 0 heterocycles. The molecule has 0 aliphatic heterocycles. The number of rotatable bonds is 6. The molecule has 23 heavy (non-hydrogen) atoms. The van der Waals surface area contributed by atoms with Crippen molar-refractivity contribution in [2.75, 3.05) is 28.2 Å². The summed E-state index contributed by atoms with van der Waals surface area (Å²) < 4.78 is 0. The molecule has 0 atom stereocenters. The number of carbonyl (C=O) groups is 1. The van der Waals surface area contributed by atoms with E-state index < -0.39 is 0 Å². The Balaban J connectivity index is 2.67. The molecule has 0 aromatic heterocycles. The summed E-state index contributed by atoms with van der Waals surface area (Å²) in [6, 6.07) is 0. The first-order valence-electron chi connectivity index (χ1n) is 7.96. The van der Waals surface area contributed by atoms with Crippen LogP contribution in [-0.2, 0) is 4.79 Å². The Bertz CT molecular complexity index is 510. The Morgan fingerprint density at radius 3 is 1.52 bits per heavy atom. The average Bonchev–Trinajstić information content (AvgIpc) is 2.49. The molecular formula is C20H28N2O. The third-order valence-corrected chi connectivity index (χ3v) is 3.28. The van der Waals surface area contributed by atoms with Crippen LogP contribution in [0.4, 0.5) is 0 Å². The second-order valence-electron chi connectivity index (χ2n) is 5.95. The van der Waals surface area contributed by atoms with Crippen LogP contribution >= 0.6 is 0 Å². The van der Waals surface area contributed by atoms with Crippen LogP contribution in [0.3, 0.4) is 0 Å². The summed E-state index contributed by atoms with van der Waals surface area (Å²) in [6.07, 6.45) is 22.3. The molecule has 0 saturated heterocycles. The van der Waals surface area contributed by atoms with Crippen molar-refractivity contribution in [2.45, 2.75) is 19.3 Å². The molecule has 3 nitrogen and oxygen atoms in total. The number of Topliss-reactive ketones (excluding diaryl/α,β-unsaturated/α-hetero) is 1. The number of ketones is 1. The van der Waals surface area contributed by atoms with E-state index in [2.05, 4.69) is 0 Å². The van der Waals surface area contributed by atoms with Crippen LogP contribution in [0.15, 0.2) is 72.2 Å². The first-order valence-corrected chi connectivity index (χ1v) is 7.96. The lowest BCUT2D eigenvalue weighted by Crippen LogP contribution is -2.12. The van der Waals surface area contributed by atoms with Crippen molar-refractivity contribution in [3.8, 4) is 0 Å². The van der Waals surface area contributed by atoms with E-state index in [1.54, 1.807) is 0 Å². The summed E-state index contributed by atoms with van der Waals surface area (Å²) >= 11 is 0. The monoisotopic (exact) mass is 312 g/mol. The highest BCUT2D eigenvalue weighted by atomic mass is 16.1. The van der Waals surface area contributed by atoms with Crippen molar-refractivity contribution < 1.29 is 4.79 Å². The Hall–Kier alpha value is -2.29. The summed E-state index contributed by atoms with van der Waals surface area (Å²) in [7, 11) is 7.91. The standard InChI is InChI=1S/C20H28N2O/c1-21(2)16-9-5-7-12-18-14-11-15-19(20(18)23)13-8-6-10-17-22(3)4/h5-10,12-13,16-17H,11,14-15H2,1-4H3. The molecular weight excluding hydrogens is 284 g/mol.